The average Bonchev–Trinajstić information content (AvgIpc) is 2.80. The molecule has 1 N–H and O–H groups in total. The van der Waals surface area contributed by atoms with Crippen LogP contribution in [0.4, 0.5) is 0 Å². The van der Waals surface area contributed by atoms with Gasteiger partial charge in [-0.1, -0.05) is 18.2 Å². The Morgan fingerprint density at radius 3 is 2.63 bits per heavy atom. The van der Waals surface area contributed by atoms with Gasteiger partial charge in [-0.05, 0) is 31.9 Å². The lowest BCUT2D eigenvalue weighted by Gasteiger charge is -2.37. The van der Waals surface area contributed by atoms with Gasteiger partial charge in [-0.2, -0.15) is 0 Å². The minimum atomic E-state index is 0.0786. The van der Waals surface area contributed by atoms with Crippen molar-refractivity contribution in [1.29, 1.82) is 0 Å². The topological polar surface area (TPSA) is 32.3 Å². The minimum absolute atomic E-state index is 0.0786. The van der Waals surface area contributed by atoms with Crippen LogP contribution >= 0.6 is 11.8 Å². The molecule has 0 radical (unpaired) electrons. The molecule has 1 fully saturated rings. The summed E-state index contributed by atoms with van der Waals surface area (Å²) in [6.07, 6.45) is 0.881. The maximum Gasteiger partial charge on any atom is 0.236 e. The molecule has 0 spiro atoms. The van der Waals surface area contributed by atoms with E-state index in [9.17, 15) is 4.79 Å². The first-order valence-corrected chi connectivity index (χ1v) is 7.81. The van der Waals surface area contributed by atoms with Crippen molar-refractivity contribution < 1.29 is 4.79 Å². The minimum Gasteiger partial charge on any atom is -0.339 e. The Labute approximate surface area is 118 Å². The molecule has 3 atom stereocenters. The van der Waals surface area contributed by atoms with Gasteiger partial charge in [0.1, 0.15) is 0 Å². The zero-order chi connectivity index (χ0) is 13.4. The first-order chi connectivity index (χ1) is 9.13. The first-order valence-electron chi connectivity index (χ1n) is 6.93. The Morgan fingerprint density at radius 1 is 1.26 bits per heavy atom. The molecule has 0 bridgehead atoms. The monoisotopic (exact) mass is 276 g/mol. The molecule has 2 aliphatic heterocycles. The van der Waals surface area contributed by atoms with E-state index < -0.39 is 0 Å². The largest absolute Gasteiger partial charge is 0.339 e. The highest BCUT2D eigenvalue weighted by Gasteiger charge is 2.33. The zero-order valence-electron chi connectivity index (χ0n) is 11.4. The number of benzene rings is 1. The number of hydrogen-bond acceptors (Lipinski definition) is 3. The smallest absolute Gasteiger partial charge is 0.236 e. The molecule has 1 amide bonds. The van der Waals surface area contributed by atoms with Crippen molar-refractivity contribution in [3.05, 3.63) is 29.8 Å². The molecule has 0 aromatic heterocycles. The molecule has 3 unspecified atom stereocenters. The zero-order valence-corrected chi connectivity index (χ0v) is 12.2. The van der Waals surface area contributed by atoms with E-state index in [-0.39, 0.29) is 5.25 Å². The summed E-state index contributed by atoms with van der Waals surface area (Å²) in [5, 5.41) is 3.55. The normalized spacial score (nSPS) is 30.2. The Hall–Kier alpha value is -1.00. The van der Waals surface area contributed by atoms with Crippen molar-refractivity contribution in [2.75, 3.05) is 13.1 Å². The SMILES string of the molecule is CC1CN(C(=O)C2Cc3ccccc3S2)CC(C)N1. The third-order valence-electron chi connectivity index (χ3n) is 3.79. The van der Waals surface area contributed by atoms with E-state index in [1.807, 2.05) is 11.0 Å². The fourth-order valence-electron chi connectivity index (χ4n) is 3.03. The Bertz CT molecular complexity index is 456. The van der Waals surface area contributed by atoms with Crippen molar-refractivity contribution in [2.45, 2.75) is 42.5 Å². The first kappa shape index (κ1) is 13.0. The van der Waals surface area contributed by atoms with Crippen molar-refractivity contribution in [3.8, 4) is 0 Å². The van der Waals surface area contributed by atoms with Crippen molar-refractivity contribution in [1.82, 2.24) is 10.2 Å². The van der Waals surface area contributed by atoms with Crippen LogP contribution in [0.15, 0.2) is 29.2 Å². The number of thioether (sulfide) groups is 1. The number of hydrogen-bond donors (Lipinski definition) is 1. The third kappa shape index (κ3) is 2.65. The molecule has 4 heteroatoms. The van der Waals surface area contributed by atoms with Gasteiger partial charge >= 0.3 is 0 Å². The summed E-state index contributed by atoms with van der Waals surface area (Å²) in [6.45, 7) is 5.95. The number of nitrogens with zero attached hydrogens (tertiary/aromatic N) is 1. The van der Waals surface area contributed by atoms with Crippen molar-refractivity contribution in [3.63, 3.8) is 0 Å². The van der Waals surface area contributed by atoms with Gasteiger partial charge < -0.3 is 10.2 Å². The number of nitrogens with one attached hydrogen (secondary N) is 1. The Balaban J connectivity index is 1.69. The molecule has 1 saturated heterocycles. The second kappa shape index (κ2) is 5.17. The lowest BCUT2D eigenvalue weighted by atomic mass is 10.1. The standard InChI is InChI=1S/C15H20N2OS/c1-10-8-17(9-11(2)16-10)15(18)14-7-12-5-3-4-6-13(12)19-14/h3-6,10-11,14,16H,7-9H2,1-2H3. The third-order valence-corrected chi connectivity index (χ3v) is 5.10. The molecule has 2 aliphatic rings. The molecule has 19 heavy (non-hydrogen) atoms. The molecule has 2 heterocycles. The van der Waals surface area contributed by atoms with E-state index >= 15 is 0 Å². The van der Waals surface area contributed by atoms with Gasteiger partial charge in [-0.15, -0.1) is 11.8 Å². The van der Waals surface area contributed by atoms with E-state index in [4.69, 9.17) is 0 Å². The molecular formula is C15H20N2OS. The maximum absolute atomic E-state index is 12.6. The number of carbonyl (C=O) groups excluding carboxylic acids is 1. The van der Waals surface area contributed by atoms with Gasteiger partial charge in [0.05, 0.1) is 5.25 Å². The van der Waals surface area contributed by atoms with Crippen LogP contribution in [0.25, 0.3) is 0 Å². The van der Waals surface area contributed by atoms with Gasteiger partial charge in [0, 0.05) is 30.1 Å². The number of carbonyl (C=O) groups is 1. The second-order valence-electron chi connectivity index (χ2n) is 5.63. The van der Waals surface area contributed by atoms with Gasteiger partial charge in [0.25, 0.3) is 0 Å². The lowest BCUT2D eigenvalue weighted by molar-refractivity contribution is -0.132. The van der Waals surface area contributed by atoms with Gasteiger partial charge in [-0.25, -0.2) is 0 Å². The lowest BCUT2D eigenvalue weighted by Crippen LogP contribution is -2.57. The van der Waals surface area contributed by atoms with Crippen LogP contribution in [0.3, 0.4) is 0 Å². The predicted octanol–water partition coefficient (Wildman–Crippen LogP) is 1.91. The molecule has 3 rings (SSSR count). The molecular weight excluding hydrogens is 256 g/mol. The highest BCUT2D eigenvalue weighted by molar-refractivity contribution is 8.01. The number of rotatable bonds is 1. The molecule has 1 aromatic rings. The summed E-state index contributed by atoms with van der Waals surface area (Å²) in [7, 11) is 0. The molecule has 0 aliphatic carbocycles. The fraction of sp³-hybridized carbons (Fsp3) is 0.533. The van der Waals surface area contributed by atoms with Crippen LogP contribution in [0.2, 0.25) is 0 Å². The van der Waals surface area contributed by atoms with Crippen LogP contribution in [0.1, 0.15) is 19.4 Å². The van der Waals surface area contributed by atoms with Gasteiger partial charge in [-0.3, -0.25) is 4.79 Å². The summed E-state index contributed by atoms with van der Waals surface area (Å²) < 4.78 is 0. The van der Waals surface area contributed by atoms with E-state index in [0.717, 1.165) is 19.5 Å². The van der Waals surface area contributed by atoms with E-state index in [1.165, 1.54) is 10.5 Å². The van der Waals surface area contributed by atoms with Crippen LogP contribution in [0.5, 0.6) is 0 Å². The molecule has 1 aromatic carbocycles. The summed E-state index contributed by atoms with van der Waals surface area (Å²) in [5.41, 5.74) is 1.32. The van der Waals surface area contributed by atoms with Crippen molar-refractivity contribution in [2.24, 2.45) is 0 Å². The second-order valence-corrected chi connectivity index (χ2v) is 6.87. The highest BCUT2D eigenvalue weighted by Crippen LogP contribution is 2.37. The van der Waals surface area contributed by atoms with Crippen LogP contribution in [-0.2, 0) is 11.2 Å². The number of amides is 1. The molecule has 0 saturated carbocycles. The van der Waals surface area contributed by atoms with Gasteiger partial charge in [0.2, 0.25) is 5.91 Å². The van der Waals surface area contributed by atoms with Crippen LogP contribution < -0.4 is 5.32 Å². The predicted molar refractivity (Wildman–Crippen MR) is 78.4 cm³/mol. The fourth-order valence-corrected chi connectivity index (χ4v) is 4.31. The number of piperazine rings is 1. The van der Waals surface area contributed by atoms with Crippen LogP contribution in [0, 0.1) is 0 Å². The Kier molecular flexibility index (Phi) is 3.54. The average molecular weight is 276 g/mol. The maximum atomic E-state index is 12.6. The molecule has 102 valence electrons. The number of fused-ring (bicyclic) bond motifs is 1. The summed E-state index contributed by atoms with van der Waals surface area (Å²) in [4.78, 5) is 15.9. The van der Waals surface area contributed by atoms with E-state index in [0.29, 0.717) is 18.0 Å². The van der Waals surface area contributed by atoms with Crippen molar-refractivity contribution >= 4 is 17.7 Å². The van der Waals surface area contributed by atoms with E-state index in [2.05, 4.69) is 37.4 Å². The molecule has 3 nitrogen and oxygen atoms in total. The summed E-state index contributed by atoms with van der Waals surface area (Å²) >= 11 is 1.73. The highest BCUT2D eigenvalue weighted by atomic mass is 32.2. The van der Waals surface area contributed by atoms with Gasteiger partial charge in [0.15, 0.2) is 0 Å². The summed E-state index contributed by atoms with van der Waals surface area (Å²) in [6, 6.07) is 9.15. The summed E-state index contributed by atoms with van der Waals surface area (Å²) in [5.74, 6) is 0.307. The van der Waals surface area contributed by atoms with Crippen LogP contribution in [-0.4, -0.2) is 41.2 Å². The Morgan fingerprint density at radius 2 is 1.95 bits per heavy atom. The van der Waals surface area contributed by atoms with E-state index in [1.54, 1.807) is 11.8 Å². The quantitative estimate of drug-likeness (QED) is 0.850.